The molecular weight excluding hydrogens is 326 g/mol. The number of benzene rings is 1. The molecule has 0 aromatic heterocycles. The molecule has 1 aromatic carbocycles. The molecule has 0 fully saturated rings. The number of nitrogens with one attached hydrogen (secondary N) is 1. The van der Waals surface area contributed by atoms with E-state index >= 15 is 0 Å². The predicted octanol–water partition coefficient (Wildman–Crippen LogP) is 3.76. The lowest BCUT2D eigenvalue weighted by Crippen LogP contribution is -2.47. The molecular formula is C21H21N3O2. The van der Waals surface area contributed by atoms with Gasteiger partial charge in [-0.25, -0.2) is 0 Å². The summed E-state index contributed by atoms with van der Waals surface area (Å²) in [5.74, 6) is 0.594. The summed E-state index contributed by atoms with van der Waals surface area (Å²) in [6, 6.07) is 7.27. The molecule has 1 amide bonds. The van der Waals surface area contributed by atoms with E-state index in [1.54, 1.807) is 7.11 Å². The Morgan fingerprint density at radius 3 is 1.69 bits per heavy atom. The average molecular weight is 347 g/mol. The molecule has 0 saturated carbocycles. The Labute approximate surface area is 153 Å². The van der Waals surface area contributed by atoms with Gasteiger partial charge in [-0.05, 0) is 48.6 Å². The van der Waals surface area contributed by atoms with Crippen molar-refractivity contribution in [1.82, 2.24) is 9.80 Å². The second kappa shape index (κ2) is 8.58. The zero-order valence-electron chi connectivity index (χ0n) is 14.5. The SMILES string of the molecule is COc1ccc(NC(=O)C(N2C=CC=CC=C2)N2C=CC=CC=C2)cc1. The molecule has 1 aromatic rings. The van der Waals surface area contributed by atoms with E-state index in [0.717, 1.165) is 5.75 Å². The summed E-state index contributed by atoms with van der Waals surface area (Å²) in [5, 5.41) is 2.97. The number of allylic oxidation sites excluding steroid dienone is 8. The summed E-state index contributed by atoms with van der Waals surface area (Å²) >= 11 is 0. The fourth-order valence-electron chi connectivity index (χ4n) is 2.58. The minimum atomic E-state index is -0.572. The van der Waals surface area contributed by atoms with Crippen LogP contribution >= 0.6 is 0 Å². The second-order valence-corrected chi connectivity index (χ2v) is 5.62. The van der Waals surface area contributed by atoms with Gasteiger partial charge in [0.25, 0.3) is 5.91 Å². The number of amides is 1. The maximum Gasteiger partial charge on any atom is 0.268 e. The number of carbonyl (C=O) groups excluding carboxylic acids is 1. The smallest absolute Gasteiger partial charge is 0.268 e. The van der Waals surface area contributed by atoms with E-state index < -0.39 is 6.17 Å². The fourth-order valence-corrected chi connectivity index (χ4v) is 2.58. The van der Waals surface area contributed by atoms with E-state index in [2.05, 4.69) is 5.32 Å². The van der Waals surface area contributed by atoms with Crippen LogP contribution in [0.25, 0.3) is 0 Å². The highest BCUT2D eigenvalue weighted by molar-refractivity contribution is 5.95. The minimum Gasteiger partial charge on any atom is -0.497 e. The number of carbonyl (C=O) groups is 1. The van der Waals surface area contributed by atoms with Crippen LogP contribution < -0.4 is 10.1 Å². The van der Waals surface area contributed by atoms with Gasteiger partial charge in [0.1, 0.15) is 5.75 Å². The first-order valence-corrected chi connectivity index (χ1v) is 8.31. The molecule has 2 heterocycles. The van der Waals surface area contributed by atoms with Crippen LogP contribution in [0.4, 0.5) is 5.69 Å². The number of rotatable bonds is 5. The summed E-state index contributed by atoms with van der Waals surface area (Å²) in [6.07, 6.45) is 22.2. The third kappa shape index (κ3) is 4.33. The van der Waals surface area contributed by atoms with E-state index in [0.29, 0.717) is 5.69 Å². The Balaban J connectivity index is 1.84. The van der Waals surface area contributed by atoms with E-state index in [4.69, 9.17) is 4.74 Å². The van der Waals surface area contributed by atoms with Crippen molar-refractivity contribution in [3.63, 3.8) is 0 Å². The highest BCUT2D eigenvalue weighted by Crippen LogP contribution is 2.18. The molecule has 0 atom stereocenters. The minimum absolute atomic E-state index is 0.150. The van der Waals surface area contributed by atoms with E-state index in [1.807, 2.05) is 107 Å². The highest BCUT2D eigenvalue weighted by atomic mass is 16.5. The van der Waals surface area contributed by atoms with E-state index in [-0.39, 0.29) is 5.91 Å². The predicted molar refractivity (Wildman–Crippen MR) is 104 cm³/mol. The standard InChI is InChI=1S/C21H21N3O2/c1-26-19-12-10-18(11-13-19)22-20(25)21(23-14-6-2-3-7-15-23)24-16-8-4-5-9-17-24/h2-17,21H,1H3,(H,22,25). The molecule has 5 heteroatoms. The Hall–Kier alpha value is -3.47. The van der Waals surface area contributed by atoms with Crippen LogP contribution in [-0.2, 0) is 4.79 Å². The van der Waals surface area contributed by atoms with Crippen LogP contribution in [0, 0.1) is 0 Å². The molecule has 0 saturated heterocycles. The quantitative estimate of drug-likeness (QED) is 0.881. The molecule has 0 aliphatic carbocycles. The summed E-state index contributed by atoms with van der Waals surface area (Å²) in [6.45, 7) is 0. The van der Waals surface area contributed by atoms with Crippen LogP contribution in [0.3, 0.4) is 0 Å². The van der Waals surface area contributed by atoms with Crippen molar-refractivity contribution in [2.75, 3.05) is 12.4 Å². The zero-order chi connectivity index (χ0) is 18.2. The molecule has 2 aliphatic heterocycles. The fraction of sp³-hybridized carbons (Fsp3) is 0.0952. The first kappa shape index (κ1) is 17.4. The van der Waals surface area contributed by atoms with E-state index in [1.165, 1.54) is 0 Å². The summed E-state index contributed by atoms with van der Waals surface area (Å²) in [5.41, 5.74) is 0.711. The molecule has 26 heavy (non-hydrogen) atoms. The van der Waals surface area contributed by atoms with Crippen LogP contribution in [-0.4, -0.2) is 29.0 Å². The van der Waals surface area contributed by atoms with Gasteiger partial charge in [0, 0.05) is 30.5 Å². The van der Waals surface area contributed by atoms with Gasteiger partial charge in [-0.3, -0.25) is 4.79 Å². The van der Waals surface area contributed by atoms with Gasteiger partial charge in [-0.15, -0.1) is 0 Å². The normalized spacial score (nSPS) is 15.3. The van der Waals surface area contributed by atoms with Crippen molar-refractivity contribution < 1.29 is 9.53 Å². The van der Waals surface area contributed by atoms with E-state index in [9.17, 15) is 4.79 Å². The lowest BCUT2D eigenvalue weighted by atomic mass is 10.2. The molecule has 1 N–H and O–H groups in total. The molecule has 0 unspecified atom stereocenters. The Morgan fingerprint density at radius 1 is 0.808 bits per heavy atom. The molecule has 0 bridgehead atoms. The van der Waals surface area contributed by atoms with Gasteiger partial charge < -0.3 is 19.9 Å². The Kier molecular flexibility index (Phi) is 5.72. The average Bonchev–Trinajstić information content (AvgIpc) is 3.08. The maximum atomic E-state index is 13.1. The molecule has 132 valence electrons. The third-order valence-corrected chi connectivity index (χ3v) is 3.86. The maximum absolute atomic E-state index is 13.1. The van der Waals surface area contributed by atoms with Gasteiger partial charge in [-0.1, -0.05) is 24.3 Å². The molecule has 0 radical (unpaired) electrons. The molecule has 5 nitrogen and oxygen atoms in total. The van der Waals surface area contributed by atoms with Crippen molar-refractivity contribution in [3.05, 3.63) is 97.7 Å². The summed E-state index contributed by atoms with van der Waals surface area (Å²) < 4.78 is 5.16. The summed E-state index contributed by atoms with van der Waals surface area (Å²) in [7, 11) is 1.61. The zero-order valence-corrected chi connectivity index (χ0v) is 14.5. The monoisotopic (exact) mass is 347 g/mol. The van der Waals surface area contributed by atoms with Crippen LogP contribution in [0.1, 0.15) is 0 Å². The third-order valence-electron chi connectivity index (χ3n) is 3.86. The highest BCUT2D eigenvalue weighted by Gasteiger charge is 2.27. The summed E-state index contributed by atoms with van der Waals surface area (Å²) in [4.78, 5) is 16.8. The number of hydrogen-bond acceptors (Lipinski definition) is 4. The van der Waals surface area contributed by atoms with Gasteiger partial charge in [0.2, 0.25) is 0 Å². The van der Waals surface area contributed by atoms with Crippen molar-refractivity contribution in [2.24, 2.45) is 0 Å². The lowest BCUT2D eigenvalue weighted by Gasteiger charge is -2.33. The number of anilines is 1. The van der Waals surface area contributed by atoms with Gasteiger partial charge in [0.15, 0.2) is 6.17 Å². The van der Waals surface area contributed by atoms with Crippen LogP contribution in [0.5, 0.6) is 5.75 Å². The van der Waals surface area contributed by atoms with Crippen molar-refractivity contribution in [1.29, 1.82) is 0 Å². The van der Waals surface area contributed by atoms with Gasteiger partial charge >= 0.3 is 0 Å². The van der Waals surface area contributed by atoms with Crippen LogP contribution in [0.15, 0.2) is 97.7 Å². The van der Waals surface area contributed by atoms with Crippen molar-refractivity contribution in [3.8, 4) is 5.75 Å². The van der Waals surface area contributed by atoms with Gasteiger partial charge in [-0.2, -0.15) is 0 Å². The van der Waals surface area contributed by atoms with Crippen molar-refractivity contribution >= 4 is 11.6 Å². The number of hydrogen-bond donors (Lipinski definition) is 1. The van der Waals surface area contributed by atoms with Crippen molar-refractivity contribution in [2.45, 2.75) is 6.17 Å². The topological polar surface area (TPSA) is 44.8 Å². The number of ether oxygens (including phenoxy) is 1. The Morgan fingerprint density at radius 2 is 1.27 bits per heavy atom. The number of methoxy groups -OCH3 is 1. The molecule has 3 rings (SSSR count). The lowest BCUT2D eigenvalue weighted by molar-refractivity contribution is -0.123. The van der Waals surface area contributed by atoms with Gasteiger partial charge in [0.05, 0.1) is 7.11 Å². The second-order valence-electron chi connectivity index (χ2n) is 5.62. The number of nitrogens with zero attached hydrogens (tertiary/aromatic N) is 2. The first-order chi connectivity index (χ1) is 12.8. The first-order valence-electron chi connectivity index (χ1n) is 8.31. The molecule has 2 aliphatic rings. The van der Waals surface area contributed by atoms with Crippen LogP contribution in [0.2, 0.25) is 0 Å². The Bertz CT molecular complexity index is 731. The largest absolute Gasteiger partial charge is 0.497 e. The molecule has 0 spiro atoms.